The van der Waals surface area contributed by atoms with Gasteiger partial charge in [0.2, 0.25) is 5.91 Å². The Morgan fingerprint density at radius 3 is 2.28 bits per heavy atom. The summed E-state index contributed by atoms with van der Waals surface area (Å²) < 4.78 is 10.2. The Morgan fingerprint density at radius 1 is 1.09 bits per heavy atom. The monoisotopic (exact) mass is 506 g/mol. The van der Waals surface area contributed by atoms with Gasteiger partial charge in [0.1, 0.15) is 5.82 Å². The summed E-state index contributed by atoms with van der Waals surface area (Å²) in [5, 5.41) is 2.85. The molecule has 1 aliphatic rings. The number of hydrogen-bond donors (Lipinski definition) is 1. The van der Waals surface area contributed by atoms with Crippen LogP contribution in [-0.2, 0) is 20.9 Å². The van der Waals surface area contributed by atoms with E-state index in [1.54, 1.807) is 13.2 Å². The van der Waals surface area contributed by atoms with Gasteiger partial charge in [-0.25, -0.2) is 9.78 Å². The highest BCUT2D eigenvalue weighted by Gasteiger charge is 2.23. The topological polar surface area (TPSA) is 77.5 Å². The van der Waals surface area contributed by atoms with Crippen molar-refractivity contribution in [2.45, 2.75) is 59.5 Å². The number of halogens is 1. The third kappa shape index (κ3) is 9.09. The molecule has 0 atom stereocenters. The van der Waals surface area contributed by atoms with E-state index in [4.69, 9.17) is 4.74 Å². The second-order valence-corrected chi connectivity index (χ2v) is 8.07. The fourth-order valence-electron chi connectivity index (χ4n) is 3.27. The minimum Gasteiger partial charge on any atom is -0.464 e. The van der Waals surface area contributed by atoms with Gasteiger partial charge in [0.05, 0.1) is 18.2 Å². The average molecular weight is 507 g/mol. The molecule has 1 aromatic carbocycles. The number of aromatic nitrogens is 1. The maximum Gasteiger partial charge on any atom is 0.357 e. The van der Waals surface area contributed by atoms with E-state index >= 15 is 0 Å². The smallest absolute Gasteiger partial charge is 0.357 e. The van der Waals surface area contributed by atoms with Gasteiger partial charge >= 0.3 is 5.97 Å². The van der Waals surface area contributed by atoms with Crippen LogP contribution in [0.1, 0.15) is 67.6 Å². The van der Waals surface area contributed by atoms with Gasteiger partial charge in [-0.3, -0.25) is 4.79 Å². The number of ether oxygens (including phenoxy) is 2. The van der Waals surface area contributed by atoms with Gasteiger partial charge < -0.3 is 14.8 Å². The van der Waals surface area contributed by atoms with Crippen LogP contribution in [-0.4, -0.2) is 31.1 Å². The lowest BCUT2D eigenvalue weighted by molar-refractivity contribution is -0.120. The highest BCUT2D eigenvalue weighted by atomic mass is 79.9. The van der Waals surface area contributed by atoms with Crippen molar-refractivity contribution >= 4 is 33.6 Å². The van der Waals surface area contributed by atoms with Gasteiger partial charge in [0.25, 0.3) is 0 Å². The summed E-state index contributed by atoms with van der Waals surface area (Å²) in [6.07, 6.45) is 5.23. The number of amides is 1. The largest absolute Gasteiger partial charge is 0.464 e. The molecule has 1 heterocycles. The summed E-state index contributed by atoms with van der Waals surface area (Å²) in [4.78, 5) is 28.2. The molecule has 1 amide bonds. The molecule has 1 aromatic heterocycles. The van der Waals surface area contributed by atoms with E-state index in [9.17, 15) is 9.59 Å². The molecule has 7 heteroatoms. The molecule has 1 saturated carbocycles. The number of rotatable bonds is 5. The number of hydrogen-bond acceptors (Lipinski definition) is 5. The van der Waals surface area contributed by atoms with Gasteiger partial charge in [-0.05, 0) is 52.9 Å². The molecule has 0 bridgehead atoms. The molecule has 1 N–H and O–H groups in total. The van der Waals surface area contributed by atoms with Crippen LogP contribution in [0, 0.1) is 12.8 Å². The first-order valence-corrected chi connectivity index (χ1v) is 11.8. The van der Waals surface area contributed by atoms with Crippen molar-refractivity contribution in [2.24, 2.45) is 5.92 Å². The predicted octanol–water partition coefficient (Wildman–Crippen LogP) is 6.32. The van der Waals surface area contributed by atoms with Gasteiger partial charge in [-0.2, -0.15) is 0 Å². The van der Waals surface area contributed by atoms with Crippen LogP contribution in [0.2, 0.25) is 0 Å². The number of anilines is 1. The van der Waals surface area contributed by atoms with Crippen LogP contribution in [0.5, 0.6) is 0 Å². The van der Waals surface area contributed by atoms with Crippen LogP contribution in [0.3, 0.4) is 0 Å². The van der Waals surface area contributed by atoms with E-state index in [-0.39, 0.29) is 17.5 Å². The Hall–Kier alpha value is -2.25. The zero-order valence-corrected chi connectivity index (χ0v) is 21.3. The lowest BCUT2D eigenvalue weighted by atomic mass is 9.88. The Balaban J connectivity index is 0.000000388. The minimum absolute atomic E-state index is 0.0107. The second-order valence-electron chi connectivity index (χ2n) is 7.22. The SMILES string of the molecule is CC.COC(=O)c1nc(NC(=O)C2CCCCC2)c(C)cc1Br.COCc1ccccc1. The Bertz CT molecular complexity index is 837. The molecular weight excluding hydrogens is 472 g/mol. The van der Waals surface area contributed by atoms with Crippen molar-refractivity contribution in [1.29, 1.82) is 0 Å². The highest BCUT2D eigenvalue weighted by Crippen LogP contribution is 2.27. The maximum atomic E-state index is 12.3. The lowest BCUT2D eigenvalue weighted by Gasteiger charge is -2.21. The number of nitrogens with zero attached hydrogens (tertiary/aromatic N) is 1. The van der Waals surface area contributed by atoms with E-state index in [1.807, 2.05) is 51.1 Å². The van der Waals surface area contributed by atoms with Crippen molar-refractivity contribution in [1.82, 2.24) is 4.98 Å². The van der Waals surface area contributed by atoms with Gasteiger partial charge in [0.15, 0.2) is 5.69 Å². The number of nitrogens with one attached hydrogen (secondary N) is 1. The molecule has 3 rings (SSSR count). The number of aryl methyl sites for hydroxylation is 1. The predicted molar refractivity (Wildman–Crippen MR) is 132 cm³/mol. The van der Waals surface area contributed by atoms with Crippen molar-refractivity contribution < 1.29 is 19.1 Å². The van der Waals surface area contributed by atoms with E-state index in [1.165, 1.54) is 19.1 Å². The third-order valence-corrected chi connectivity index (χ3v) is 5.52. The standard InChI is InChI=1S/C15H19BrN2O3.C8H10O.C2H6/c1-9-8-11(16)12(15(20)21-2)17-13(9)18-14(19)10-6-4-3-5-7-10;1-9-7-8-5-3-2-4-6-8;1-2/h8,10H,3-7H2,1-2H3,(H,17,18,19);2-6H,7H2,1H3;1-2H3. The highest BCUT2D eigenvalue weighted by molar-refractivity contribution is 9.10. The van der Waals surface area contributed by atoms with Crippen molar-refractivity contribution in [3.05, 3.63) is 57.7 Å². The van der Waals surface area contributed by atoms with Crippen LogP contribution in [0.4, 0.5) is 5.82 Å². The van der Waals surface area contributed by atoms with Gasteiger partial charge in [-0.1, -0.05) is 63.4 Å². The zero-order valence-electron chi connectivity index (χ0n) is 19.7. The Labute approximate surface area is 200 Å². The fourth-order valence-corrected chi connectivity index (χ4v) is 3.86. The zero-order chi connectivity index (χ0) is 23.9. The molecule has 0 spiro atoms. The van der Waals surface area contributed by atoms with E-state index in [0.717, 1.165) is 31.2 Å². The molecule has 0 saturated heterocycles. The van der Waals surface area contributed by atoms with Crippen molar-refractivity contribution in [2.75, 3.05) is 19.5 Å². The molecule has 0 radical (unpaired) electrons. The van der Waals surface area contributed by atoms with Crippen molar-refractivity contribution in [3.63, 3.8) is 0 Å². The number of carbonyl (C=O) groups is 2. The quantitative estimate of drug-likeness (QED) is 0.480. The van der Waals surface area contributed by atoms with E-state index in [2.05, 4.69) is 31.0 Å². The average Bonchev–Trinajstić information content (AvgIpc) is 2.83. The molecule has 0 unspecified atom stereocenters. The first-order valence-electron chi connectivity index (χ1n) is 11.1. The molecule has 6 nitrogen and oxygen atoms in total. The fraction of sp³-hybridized carbons (Fsp3) is 0.480. The summed E-state index contributed by atoms with van der Waals surface area (Å²) in [5.74, 6) is -0.0715. The molecular formula is C25H35BrN2O4. The van der Waals surface area contributed by atoms with Crippen LogP contribution < -0.4 is 5.32 Å². The first-order chi connectivity index (χ1) is 15.5. The summed E-state index contributed by atoms with van der Waals surface area (Å²) in [6.45, 7) is 6.55. The third-order valence-electron chi connectivity index (χ3n) is 4.92. The number of benzene rings is 1. The Morgan fingerprint density at radius 2 is 1.72 bits per heavy atom. The number of methoxy groups -OCH3 is 2. The minimum atomic E-state index is -0.532. The number of pyridine rings is 1. The molecule has 176 valence electrons. The van der Waals surface area contributed by atoms with E-state index in [0.29, 0.717) is 16.9 Å². The number of carbonyl (C=O) groups excluding carboxylic acids is 2. The van der Waals surface area contributed by atoms with Gasteiger partial charge in [-0.15, -0.1) is 0 Å². The molecule has 1 fully saturated rings. The molecule has 1 aliphatic carbocycles. The summed E-state index contributed by atoms with van der Waals surface area (Å²) in [7, 11) is 3.00. The molecule has 2 aromatic rings. The summed E-state index contributed by atoms with van der Waals surface area (Å²) in [6, 6.07) is 11.9. The van der Waals surface area contributed by atoms with Gasteiger partial charge in [0, 0.05) is 13.0 Å². The number of esters is 1. The van der Waals surface area contributed by atoms with Crippen molar-refractivity contribution in [3.8, 4) is 0 Å². The van der Waals surface area contributed by atoms with E-state index < -0.39 is 5.97 Å². The lowest BCUT2D eigenvalue weighted by Crippen LogP contribution is -2.26. The first kappa shape index (κ1) is 27.8. The molecule has 0 aliphatic heterocycles. The molecule has 32 heavy (non-hydrogen) atoms. The maximum absolute atomic E-state index is 12.3. The van der Waals surface area contributed by atoms with Crippen LogP contribution in [0.15, 0.2) is 40.9 Å². The van der Waals surface area contributed by atoms with Crippen LogP contribution >= 0.6 is 15.9 Å². The summed E-state index contributed by atoms with van der Waals surface area (Å²) in [5.41, 5.74) is 2.20. The summed E-state index contributed by atoms with van der Waals surface area (Å²) >= 11 is 3.29. The second kappa shape index (κ2) is 15.5. The van der Waals surface area contributed by atoms with Crippen LogP contribution in [0.25, 0.3) is 0 Å². The normalized spacial score (nSPS) is 13.1. The Kier molecular flexibility index (Phi) is 13.5.